The molecule has 0 spiro atoms. The molecule has 0 bridgehead atoms. The van der Waals surface area contributed by atoms with E-state index in [2.05, 4.69) is 23.3 Å². The molecule has 16 heavy (non-hydrogen) atoms. The van der Waals surface area contributed by atoms with E-state index in [1.165, 1.54) is 49.7 Å². The number of hydrogen-bond donors (Lipinski definition) is 1. The van der Waals surface area contributed by atoms with E-state index >= 15 is 0 Å². The van der Waals surface area contributed by atoms with Crippen LogP contribution >= 0.6 is 0 Å². The van der Waals surface area contributed by atoms with Gasteiger partial charge in [0.15, 0.2) is 0 Å². The van der Waals surface area contributed by atoms with Crippen molar-refractivity contribution in [3.8, 4) is 0 Å². The Morgan fingerprint density at radius 3 is 2.69 bits per heavy atom. The van der Waals surface area contributed by atoms with Crippen molar-refractivity contribution in [2.75, 3.05) is 0 Å². The van der Waals surface area contributed by atoms with E-state index in [0.717, 1.165) is 12.6 Å². The summed E-state index contributed by atoms with van der Waals surface area (Å²) >= 11 is 0. The van der Waals surface area contributed by atoms with Crippen molar-refractivity contribution in [1.82, 2.24) is 10.3 Å². The maximum atomic E-state index is 4.13. The van der Waals surface area contributed by atoms with Gasteiger partial charge in [-0.05, 0) is 37.0 Å². The molecule has 0 saturated heterocycles. The zero-order chi connectivity index (χ0) is 11.2. The highest BCUT2D eigenvalue weighted by molar-refractivity contribution is 5.21. The molecule has 88 valence electrons. The molecular formula is C14H22N2. The lowest BCUT2D eigenvalue weighted by molar-refractivity contribution is 0.458. The summed E-state index contributed by atoms with van der Waals surface area (Å²) in [4.78, 5) is 4.13. The topological polar surface area (TPSA) is 24.9 Å². The Kier molecular flexibility index (Phi) is 4.34. The predicted molar refractivity (Wildman–Crippen MR) is 67.3 cm³/mol. The van der Waals surface area contributed by atoms with Gasteiger partial charge < -0.3 is 5.32 Å². The van der Waals surface area contributed by atoms with Crippen molar-refractivity contribution < 1.29 is 0 Å². The van der Waals surface area contributed by atoms with E-state index in [-0.39, 0.29) is 0 Å². The summed E-state index contributed by atoms with van der Waals surface area (Å²) in [7, 11) is 0. The van der Waals surface area contributed by atoms with Crippen molar-refractivity contribution in [2.24, 2.45) is 0 Å². The highest BCUT2D eigenvalue weighted by Crippen LogP contribution is 2.17. The molecule has 1 fully saturated rings. The summed E-state index contributed by atoms with van der Waals surface area (Å²) in [5.74, 6) is 0. The van der Waals surface area contributed by atoms with Crippen LogP contribution in [0.25, 0.3) is 0 Å². The Balaban J connectivity index is 1.84. The fourth-order valence-electron chi connectivity index (χ4n) is 2.44. The Morgan fingerprint density at radius 2 is 2.00 bits per heavy atom. The van der Waals surface area contributed by atoms with Gasteiger partial charge in [0.1, 0.15) is 0 Å². The van der Waals surface area contributed by atoms with E-state index in [1.54, 1.807) is 0 Å². The Labute approximate surface area is 98.5 Å². The van der Waals surface area contributed by atoms with Gasteiger partial charge in [-0.1, -0.05) is 25.7 Å². The molecule has 0 aromatic carbocycles. The molecule has 1 aliphatic carbocycles. The van der Waals surface area contributed by atoms with Crippen LogP contribution in [0.1, 0.15) is 49.7 Å². The lowest BCUT2D eigenvalue weighted by atomic mass is 10.1. The molecule has 1 heterocycles. The molecule has 0 amide bonds. The summed E-state index contributed by atoms with van der Waals surface area (Å²) in [5, 5.41) is 3.69. The third-order valence-corrected chi connectivity index (χ3v) is 3.57. The number of aryl methyl sites for hydroxylation is 1. The van der Waals surface area contributed by atoms with Crippen molar-refractivity contribution in [2.45, 2.75) is 58.0 Å². The largest absolute Gasteiger partial charge is 0.310 e. The molecule has 2 nitrogen and oxygen atoms in total. The van der Waals surface area contributed by atoms with E-state index < -0.39 is 0 Å². The Hall–Kier alpha value is -0.890. The van der Waals surface area contributed by atoms with Gasteiger partial charge in [-0.25, -0.2) is 0 Å². The number of rotatable bonds is 3. The van der Waals surface area contributed by atoms with Gasteiger partial charge in [0, 0.05) is 25.0 Å². The van der Waals surface area contributed by atoms with Crippen LogP contribution in [0, 0.1) is 6.92 Å². The first-order chi connectivity index (χ1) is 7.86. The maximum Gasteiger partial charge on any atom is 0.0300 e. The summed E-state index contributed by atoms with van der Waals surface area (Å²) < 4.78 is 0. The lowest BCUT2D eigenvalue weighted by Gasteiger charge is -2.16. The minimum Gasteiger partial charge on any atom is -0.310 e. The highest BCUT2D eigenvalue weighted by Gasteiger charge is 2.11. The molecule has 0 radical (unpaired) electrons. The molecule has 0 atom stereocenters. The van der Waals surface area contributed by atoms with Crippen molar-refractivity contribution in [3.63, 3.8) is 0 Å². The quantitative estimate of drug-likeness (QED) is 0.788. The zero-order valence-corrected chi connectivity index (χ0v) is 10.2. The minimum atomic E-state index is 0.732. The van der Waals surface area contributed by atoms with Gasteiger partial charge >= 0.3 is 0 Å². The number of aromatic nitrogens is 1. The van der Waals surface area contributed by atoms with Crippen molar-refractivity contribution >= 4 is 0 Å². The predicted octanol–water partition coefficient (Wildman–Crippen LogP) is 3.20. The average Bonchev–Trinajstić information content (AvgIpc) is 2.56. The van der Waals surface area contributed by atoms with E-state index in [1.807, 2.05) is 12.4 Å². The van der Waals surface area contributed by atoms with Crippen molar-refractivity contribution in [1.29, 1.82) is 0 Å². The minimum absolute atomic E-state index is 0.732. The standard InChI is InChI=1S/C14H22N2/c1-12-10-15-9-8-13(12)11-16-14-6-4-2-3-5-7-14/h8-10,14,16H,2-7,11H2,1H3. The third-order valence-electron chi connectivity index (χ3n) is 3.57. The molecule has 1 aliphatic rings. The van der Waals surface area contributed by atoms with Gasteiger partial charge in [-0.3, -0.25) is 4.98 Å². The van der Waals surface area contributed by atoms with Gasteiger partial charge in [0.25, 0.3) is 0 Å². The van der Waals surface area contributed by atoms with E-state index in [0.29, 0.717) is 0 Å². The van der Waals surface area contributed by atoms with E-state index in [4.69, 9.17) is 0 Å². The summed E-state index contributed by atoms with van der Waals surface area (Å²) in [6.07, 6.45) is 12.2. The third kappa shape index (κ3) is 3.31. The molecule has 1 N–H and O–H groups in total. The Morgan fingerprint density at radius 1 is 1.25 bits per heavy atom. The van der Waals surface area contributed by atoms with Crippen LogP contribution in [0.3, 0.4) is 0 Å². The smallest absolute Gasteiger partial charge is 0.0300 e. The second kappa shape index (κ2) is 6.00. The molecule has 1 saturated carbocycles. The second-order valence-corrected chi connectivity index (χ2v) is 4.87. The lowest BCUT2D eigenvalue weighted by Crippen LogP contribution is -2.28. The van der Waals surface area contributed by atoms with Crippen LogP contribution in [0.2, 0.25) is 0 Å². The second-order valence-electron chi connectivity index (χ2n) is 4.87. The van der Waals surface area contributed by atoms with Crippen molar-refractivity contribution in [3.05, 3.63) is 29.6 Å². The van der Waals surface area contributed by atoms with Crippen LogP contribution < -0.4 is 5.32 Å². The average molecular weight is 218 g/mol. The van der Waals surface area contributed by atoms with E-state index in [9.17, 15) is 0 Å². The molecule has 2 heteroatoms. The highest BCUT2D eigenvalue weighted by atomic mass is 14.9. The van der Waals surface area contributed by atoms with Gasteiger partial charge in [0.05, 0.1) is 0 Å². The number of nitrogens with zero attached hydrogens (tertiary/aromatic N) is 1. The zero-order valence-electron chi connectivity index (χ0n) is 10.2. The van der Waals surface area contributed by atoms with Gasteiger partial charge in [-0.2, -0.15) is 0 Å². The summed E-state index contributed by atoms with van der Waals surface area (Å²) in [5.41, 5.74) is 2.68. The SMILES string of the molecule is Cc1cnccc1CNC1CCCCCC1. The Bertz CT molecular complexity index is 314. The molecular weight excluding hydrogens is 196 g/mol. The van der Waals surface area contributed by atoms with Crippen LogP contribution in [0.15, 0.2) is 18.5 Å². The van der Waals surface area contributed by atoms with Gasteiger partial charge in [-0.15, -0.1) is 0 Å². The fraction of sp³-hybridized carbons (Fsp3) is 0.643. The fourth-order valence-corrected chi connectivity index (χ4v) is 2.44. The first-order valence-corrected chi connectivity index (χ1v) is 6.49. The first kappa shape index (κ1) is 11.6. The van der Waals surface area contributed by atoms with Crippen LogP contribution in [-0.4, -0.2) is 11.0 Å². The first-order valence-electron chi connectivity index (χ1n) is 6.49. The number of pyridine rings is 1. The molecule has 0 aliphatic heterocycles. The molecule has 0 unspecified atom stereocenters. The molecule has 2 rings (SSSR count). The number of hydrogen-bond acceptors (Lipinski definition) is 2. The number of nitrogens with one attached hydrogen (secondary N) is 1. The summed E-state index contributed by atoms with van der Waals surface area (Å²) in [6, 6.07) is 2.86. The van der Waals surface area contributed by atoms with Crippen LogP contribution in [0.5, 0.6) is 0 Å². The normalized spacial score (nSPS) is 18.3. The molecule has 1 aromatic rings. The maximum absolute atomic E-state index is 4.13. The summed E-state index contributed by atoms with van der Waals surface area (Å²) in [6.45, 7) is 3.14. The van der Waals surface area contributed by atoms with Gasteiger partial charge in [0.2, 0.25) is 0 Å². The molecule has 1 aromatic heterocycles. The van der Waals surface area contributed by atoms with Crippen LogP contribution in [-0.2, 0) is 6.54 Å². The van der Waals surface area contributed by atoms with Crippen LogP contribution in [0.4, 0.5) is 0 Å². The monoisotopic (exact) mass is 218 g/mol.